The Hall–Kier alpha value is -1.08. The quantitative estimate of drug-likeness (QED) is 0.711. The van der Waals surface area contributed by atoms with E-state index in [0.29, 0.717) is 5.91 Å². The molecule has 1 amide bonds. The molecule has 4 heteroatoms. The van der Waals surface area contributed by atoms with Crippen molar-refractivity contribution in [3.8, 4) is 6.07 Å². The number of nitrogens with zero attached hydrogens (tertiary/aromatic N) is 2. The average Bonchev–Trinajstić information content (AvgIpc) is 2.39. The highest BCUT2D eigenvalue weighted by Crippen LogP contribution is 2.20. The van der Waals surface area contributed by atoms with Crippen molar-refractivity contribution in [2.24, 2.45) is 11.8 Å². The third-order valence-electron chi connectivity index (χ3n) is 3.64. The lowest BCUT2D eigenvalue weighted by molar-refractivity contribution is -0.137. The molecule has 0 aromatic heterocycles. The summed E-state index contributed by atoms with van der Waals surface area (Å²) in [6.07, 6.45) is 3.82. The van der Waals surface area contributed by atoms with Crippen LogP contribution >= 0.6 is 0 Å². The van der Waals surface area contributed by atoms with Gasteiger partial charge < -0.3 is 10.2 Å². The zero-order chi connectivity index (χ0) is 11.4. The number of piperidine rings is 2. The number of hydrogen-bond donors (Lipinski definition) is 1. The molecule has 0 radical (unpaired) electrons. The van der Waals surface area contributed by atoms with Crippen LogP contribution in [0.3, 0.4) is 0 Å². The van der Waals surface area contributed by atoms with Crippen molar-refractivity contribution in [2.45, 2.75) is 25.7 Å². The maximum Gasteiger partial charge on any atom is 0.226 e. The maximum atomic E-state index is 12.2. The van der Waals surface area contributed by atoms with E-state index in [1.54, 1.807) is 0 Å². The molecule has 1 atom stereocenters. The zero-order valence-electron chi connectivity index (χ0n) is 9.61. The summed E-state index contributed by atoms with van der Waals surface area (Å²) < 4.78 is 0. The Morgan fingerprint density at radius 1 is 1.31 bits per heavy atom. The highest BCUT2D eigenvalue weighted by molar-refractivity contribution is 5.79. The minimum atomic E-state index is 0.161. The van der Waals surface area contributed by atoms with Gasteiger partial charge in [-0.1, -0.05) is 0 Å². The molecule has 0 saturated carbocycles. The van der Waals surface area contributed by atoms with Gasteiger partial charge in [-0.25, -0.2) is 0 Å². The third-order valence-corrected chi connectivity index (χ3v) is 3.64. The van der Waals surface area contributed by atoms with E-state index in [1.165, 1.54) is 0 Å². The number of hydrogen-bond acceptors (Lipinski definition) is 3. The number of carbonyl (C=O) groups is 1. The average molecular weight is 221 g/mol. The molecule has 2 heterocycles. The predicted octanol–water partition coefficient (Wildman–Crippen LogP) is 0.748. The van der Waals surface area contributed by atoms with Gasteiger partial charge in [0.1, 0.15) is 0 Å². The Kier molecular flexibility index (Phi) is 3.79. The molecule has 2 aliphatic rings. The SMILES string of the molecule is N#CC1CCN(C(=O)C2CCCNC2)CC1. The molecule has 88 valence electrons. The van der Waals surface area contributed by atoms with E-state index in [1.807, 2.05) is 4.90 Å². The Morgan fingerprint density at radius 3 is 2.62 bits per heavy atom. The molecule has 0 aromatic rings. The molecule has 1 unspecified atom stereocenters. The van der Waals surface area contributed by atoms with Crippen molar-refractivity contribution in [3.63, 3.8) is 0 Å². The Labute approximate surface area is 96.6 Å². The third kappa shape index (κ3) is 2.53. The van der Waals surface area contributed by atoms with Crippen molar-refractivity contribution >= 4 is 5.91 Å². The van der Waals surface area contributed by atoms with Gasteiger partial charge >= 0.3 is 0 Å². The first kappa shape index (κ1) is 11.4. The minimum absolute atomic E-state index is 0.161. The maximum absolute atomic E-state index is 12.2. The molecule has 0 bridgehead atoms. The Bertz CT molecular complexity index is 283. The van der Waals surface area contributed by atoms with Crippen LogP contribution < -0.4 is 5.32 Å². The van der Waals surface area contributed by atoms with Crippen LogP contribution in [0.5, 0.6) is 0 Å². The second-order valence-corrected chi connectivity index (χ2v) is 4.77. The smallest absolute Gasteiger partial charge is 0.226 e. The summed E-state index contributed by atoms with van der Waals surface area (Å²) in [5.41, 5.74) is 0. The molecule has 2 rings (SSSR count). The van der Waals surface area contributed by atoms with Crippen molar-refractivity contribution in [2.75, 3.05) is 26.2 Å². The lowest BCUT2D eigenvalue weighted by Crippen LogP contribution is -2.46. The molecule has 1 N–H and O–H groups in total. The van der Waals surface area contributed by atoms with Crippen LogP contribution in [0, 0.1) is 23.2 Å². The van der Waals surface area contributed by atoms with Crippen molar-refractivity contribution < 1.29 is 4.79 Å². The number of likely N-dealkylation sites (tertiary alicyclic amines) is 1. The van der Waals surface area contributed by atoms with E-state index in [9.17, 15) is 4.79 Å². The van der Waals surface area contributed by atoms with E-state index in [2.05, 4.69) is 11.4 Å². The van der Waals surface area contributed by atoms with Gasteiger partial charge in [0.2, 0.25) is 5.91 Å². The van der Waals surface area contributed by atoms with E-state index in [0.717, 1.165) is 51.9 Å². The first-order valence-corrected chi connectivity index (χ1v) is 6.20. The summed E-state index contributed by atoms with van der Waals surface area (Å²) in [6.45, 7) is 3.42. The Morgan fingerprint density at radius 2 is 2.06 bits per heavy atom. The van der Waals surface area contributed by atoms with Crippen molar-refractivity contribution in [3.05, 3.63) is 0 Å². The zero-order valence-corrected chi connectivity index (χ0v) is 9.61. The first-order valence-electron chi connectivity index (χ1n) is 6.20. The molecular formula is C12H19N3O. The molecule has 16 heavy (non-hydrogen) atoms. The molecule has 0 aliphatic carbocycles. The number of carbonyl (C=O) groups excluding carboxylic acids is 1. The number of amides is 1. The molecular weight excluding hydrogens is 202 g/mol. The van der Waals surface area contributed by atoms with Gasteiger partial charge in [0.05, 0.1) is 12.0 Å². The molecule has 0 spiro atoms. The van der Waals surface area contributed by atoms with E-state index in [-0.39, 0.29) is 11.8 Å². The van der Waals surface area contributed by atoms with Crippen LogP contribution in [0.1, 0.15) is 25.7 Å². The van der Waals surface area contributed by atoms with Crippen LogP contribution in [0.25, 0.3) is 0 Å². The van der Waals surface area contributed by atoms with Crippen LogP contribution in [-0.2, 0) is 4.79 Å². The summed E-state index contributed by atoms with van der Waals surface area (Å²) in [7, 11) is 0. The summed E-state index contributed by atoms with van der Waals surface area (Å²) >= 11 is 0. The largest absolute Gasteiger partial charge is 0.342 e. The highest BCUT2D eigenvalue weighted by atomic mass is 16.2. The second kappa shape index (κ2) is 5.31. The highest BCUT2D eigenvalue weighted by Gasteiger charge is 2.28. The molecule has 2 fully saturated rings. The summed E-state index contributed by atoms with van der Waals surface area (Å²) in [4.78, 5) is 14.1. The van der Waals surface area contributed by atoms with Gasteiger partial charge in [-0.2, -0.15) is 5.26 Å². The fourth-order valence-corrected chi connectivity index (χ4v) is 2.55. The monoisotopic (exact) mass is 221 g/mol. The minimum Gasteiger partial charge on any atom is -0.342 e. The van der Waals surface area contributed by atoms with Crippen LogP contribution in [0.4, 0.5) is 0 Å². The van der Waals surface area contributed by atoms with Gasteiger partial charge in [-0.05, 0) is 32.2 Å². The molecule has 0 aromatic carbocycles. The lowest BCUT2D eigenvalue weighted by atomic mass is 9.94. The number of rotatable bonds is 1. The molecule has 4 nitrogen and oxygen atoms in total. The summed E-state index contributed by atoms with van der Waals surface area (Å²) in [5, 5.41) is 12.1. The summed E-state index contributed by atoms with van der Waals surface area (Å²) in [6, 6.07) is 2.29. The fraction of sp³-hybridized carbons (Fsp3) is 0.833. The normalized spacial score (nSPS) is 27.4. The van der Waals surface area contributed by atoms with Crippen LogP contribution in [0.15, 0.2) is 0 Å². The van der Waals surface area contributed by atoms with Gasteiger partial charge in [0.25, 0.3) is 0 Å². The van der Waals surface area contributed by atoms with E-state index >= 15 is 0 Å². The van der Waals surface area contributed by atoms with E-state index < -0.39 is 0 Å². The number of nitriles is 1. The van der Waals surface area contributed by atoms with Crippen molar-refractivity contribution in [1.29, 1.82) is 5.26 Å². The predicted molar refractivity (Wildman–Crippen MR) is 60.5 cm³/mol. The number of nitrogens with one attached hydrogen (secondary N) is 1. The Balaban J connectivity index is 1.84. The van der Waals surface area contributed by atoms with Gasteiger partial charge in [0, 0.05) is 25.6 Å². The molecule has 2 aliphatic heterocycles. The van der Waals surface area contributed by atoms with Gasteiger partial charge in [0.15, 0.2) is 0 Å². The van der Waals surface area contributed by atoms with Crippen LogP contribution in [0.2, 0.25) is 0 Å². The first-order chi connectivity index (χ1) is 7.81. The van der Waals surface area contributed by atoms with Crippen molar-refractivity contribution in [1.82, 2.24) is 10.2 Å². The van der Waals surface area contributed by atoms with Gasteiger partial charge in [-0.3, -0.25) is 4.79 Å². The summed E-state index contributed by atoms with van der Waals surface area (Å²) in [5.74, 6) is 0.629. The van der Waals surface area contributed by atoms with Gasteiger partial charge in [-0.15, -0.1) is 0 Å². The fourth-order valence-electron chi connectivity index (χ4n) is 2.55. The topological polar surface area (TPSA) is 56.1 Å². The second-order valence-electron chi connectivity index (χ2n) is 4.77. The molecule has 2 saturated heterocycles. The van der Waals surface area contributed by atoms with E-state index in [4.69, 9.17) is 5.26 Å². The lowest BCUT2D eigenvalue weighted by Gasteiger charge is -2.33. The van der Waals surface area contributed by atoms with Crippen LogP contribution in [-0.4, -0.2) is 37.0 Å². The standard InChI is InChI=1S/C12H19N3O/c13-8-10-3-6-15(7-4-10)12(16)11-2-1-5-14-9-11/h10-11,14H,1-7,9H2.